The second kappa shape index (κ2) is 4.05. The SMILES string of the molecule is c1nncn1Cc1ncn2c1CNCCC2. The quantitative estimate of drug-likeness (QED) is 0.771. The summed E-state index contributed by atoms with van der Waals surface area (Å²) in [5.74, 6) is 0. The first-order valence-corrected chi connectivity index (χ1v) is 5.49. The molecule has 2 aromatic rings. The summed E-state index contributed by atoms with van der Waals surface area (Å²) in [5, 5.41) is 11.0. The third-order valence-corrected chi connectivity index (χ3v) is 2.88. The van der Waals surface area contributed by atoms with Crippen LogP contribution in [0.5, 0.6) is 0 Å². The standard InChI is InChI=1S/C10H14N6/c1-2-11-4-10-9(12-6-16(10)3-1)5-15-7-13-14-8-15/h6-8,11H,1-5H2. The Bertz CT molecular complexity index is 458. The van der Waals surface area contributed by atoms with Crippen molar-refractivity contribution in [3.63, 3.8) is 0 Å². The third-order valence-electron chi connectivity index (χ3n) is 2.88. The monoisotopic (exact) mass is 218 g/mol. The van der Waals surface area contributed by atoms with Gasteiger partial charge in [0.1, 0.15) is 12.7 Å². The van der Waals surface area contributed by atoms with Crippen LogP contribution in [0.1, 0.15) is 17.8 Å². The molecule has 3 heterocycles. The smallest absolute Gasteiger partial charge is 0.119 e. The predicted octanol–water partition coefficient (Wildman–Crippen LogP) is 0.0162. The van der Waals surface area contributed by atoms with E-state index in [1.54, 1.807) is 12.7 Å². The number of hydrogen-bond acceptors (Lipinski definition) is 4. The highest BCUT2D eigenvalue weighted by Crippen LogP contribution is 2.12. The van der Waals surface area contributed by atoms with Crippen LogP contribution in [0.3, 0.4) is 0 Å². The van der Waals surface area contributed by atoms with Crippen LogP contribution in [-0.4, -0.2) is 30.9 Å². The van der Waals surface area contributed by atoms with Gasteiger partial charge in [-0.2, -0.15) is 0 Å². The summed E-state index contributed by atoms with van der Waals surface area (Å²) in [6, 6.07) is 0. The molecule has 0 aromatic carbocycles. The van der Waals surface area contributed by atoms with Gasteiger partial charge in [0.05, 0.1) is 24.3 Å². The maximum atomic E-state index is 4.46. The van der Waals surface area contributed by atoms with Crippen molar-refractivity contribution in [1.82, 2.24) is 29.6 Å². The van der Waals surface area contributed by atoms with Gasteiger partial charge in [0.15, 0.2) is 0 Å². The molecule has 1 N–H and O–H groups in total. The van der Waals surface area contributed by atoms with Crippen molar-refractivity contribution < 1.29 is 0 Å². The zero-order valence-corrected chi connectivity index (χ0v) is 9.00. The van der Waals surface area contributed by atoms with Crippen LogP contribution in [0.2, 0.25) is 0 Å². The van der Waals surface area contributed by atoms with Crippen molar-refractivity contribution >= 4 is 0 Å². The Morgan fingerprint density at radius 1 is 1.25 bits per heavy atom. The molecule has 1 aliphatic heterocycles. The molecule has 0 saturated carbocycles. The summed E-state index contributed by atoms with van der Waals surface area (Å²) in [4.78, 5) is 4.46. The number of nitrogens with zero attached hydrogens (tertiary/aromatic N) is 5. The minimum Gasteiger partial charge on any atom is -0.333 e. The Kier molecular flexibility index (Phi) is 2.41. The van der Waals surface area contributed by atoms with E-state index in [2.05, 4.69) is 25.1 Å². The van der Waals surface area contributed by atoms with E-state index in [0.29, 0.717) is 0 Å². The highest BCUT2D eigenvalue weighted by molar-refractivity contribution is 5.14. The average molecular weight is 218 g/mol. The Labute approximate surface area is 93.3 Å². The van der Waals surface area contributed by atoms with E-state index < -0.39 is 0 Å². The van der Waals surface area contributed by atoms with Gasteiger partial charge in [-0.1, -0.05) is 0 Å². The predicted molar refractivity (Wildman–Crippen MR) is 57.7 cm³/mol. The topological polar surface area (TPSA) is 60.6 Å². The van der Waals surface area contributed by atoms with E-state index in [9.17, 15) is 0 Å². The Morgan fingerprint density at radius 2 is 2.12 bits per heavy atom. The molecule has 6 nitrogen and oxygen atoms in total. The molecule has 6 heteroatoms. The zero-order valence-electron chi connectivity index (χ0n) is 9.00. The molecule has 84 valence electrons. The van der Waals surface area contributed by atoms with E-state index in [-0.39, 0.29) is 0 Å². The van der Waals surface area contributed by atoms with Gasteiger partial charge >= 0.3 is 0 Å². The molecule has 1 aliphatic rings. The van der Waals surface area contributed by atoms with Crippen LogP contribution in [0, 0.1) is 0 Å². The molecule has 2 aromatic heterocycles. The van der Waals surface area contributed by atoms with Crippen molar-refractivity contribution in [1.29, 1.82) is 0 Å². The summed E-state index contributed by atoms with van der Waals surface area (Å²) in [7, 11) is 0. The lowest BCUT2D eigenvalue weighted by Crippen LogP contribution is -2.14. The number of nitrogens with one attached hydrogen (secondary N) is 1. The van der Waals surface area contributed by atoms with Crippen LogP contribution >= 0.6 is 0 Å². The van der Waals surface area contributed by atoms with Gasteiger partial charge < -0.3 is 14.5 Å². The minimum absolute atomic E-state index is 0.747. The van der Waals surface area contributed by atoms with E-state index >= 15 is 0 Å². The summed E-state index contributed by atoms with van der Waals surface area (Å²) in [6.07, 6.45) is 6.53. The molecule has 16 heavy (non-hydrogen) atoms. The molecule has 0 amide bonds. The second-order valence-electron chi connectivity index (χ2n) is 4.00. The van der Waals surface area contributed by atoms with Crippen molar-refractivity contribution in [2.24, 2.45) is 0 Å². The fourth-order valence-electron chi connectivity index (χ4n) is 2.04. The summed E-state index contributed by atoms with van der Waals surface area (Å²) in [6.45, 7) is 3.78. The van der Waals surface area contributed by atoms with Crippen LogP contribution in [-0.2, 0) is 19.6 Å². The molecular weight excluding hydrogens is 204 g/mol. The van der Waals surface area contributed by atoms with Gasteiger partial charge in [0.2, 0.25) is 0 Å². The van der Waals surface area contributed by atoms with Gasteiger partial charge in [0, 0.05) is 13.1 Å². The highest BCUT2D eigenvalue weighted by Gasteiger charge is 2.13. The minimum atomic E-state index is 0.747. The molecule has 0 unspecified atom stereocenters. The average Bonchev–Trinajstić information content (AvgIpc) is 2.86. The fourth-order valence-corrected chi connectivity index (χ4v) is 2.04. The number of rotatable bonds is 2. The number of aromatic nitrogens is 5. The normalized spacial score (nSPS) is 15.8. The first kappa shape index (κ1) is 9.53. The second-order valence-corrected chi connectivity index (χ2v) is 4.00. The molecule has 0 saturated heterocycles. The number of imidazole rings is 1. The number of aryl methyl sites for hydroxylation is 1. The van der Waals surface area contributed by atoms with Crippen LogP contribution in [0.25, 0.3) is 0 Å². The molecule has 0 fully saturated rings. The van der Waals surface area contributed by atoms with E-state index in [4.69, 9.17) is 0 Å². The molecule has 0 bridgehead atoms. The van der Waals surface area contributed by atoms with Gasteiger partial charge in [-0.05, 0) is 13.0 Å². The van der Waals surface area contributed by atoms with Crippen LogP contribution in [0.4, 0.5) is 0 Å². The lowest BCUT2D eigenvalue weighted by Gasteiger charge is -2.05. The van der Waals surface area contributed by atoms with Crippen LogP contribution < -0.4 is 5.32 Å². The molecular formula is C10H14N6. The molecule has 0 spiro atoms. The van der Waals surface area contributed by atoms with E-state index in [0.717, 1.165) is 38.3 Å². The zero-order chi connectivity index (χ0) is 10.8. The first-order valence-electron chi connectivity index (χ1n) is 5.49. The maximum absolute atomic E-state index is 4.46. The third kappa shape index (κ3) is 1.71. The molecule has 3 rings (SSSR count). The van der Waals surface area contributed by atoms with Crippen molar-refractivity contribution in [3.8, 4) is 0 Å². The molecule has 0 aliphatic carbocycles. The maximum Gasteiger partial charge on any atom is 0.119 e. The highest BCUT2D eigenvalue weighted by atomic mass is 15.2. The van der Waals surface area contributed by atoms with Crippen molar-refractivity contribution in [2.45, 2.75) is 26.1 Å². The van der Waals surface area contributed by atoms with E-state index in [1.807, 2.05) is 10.9 Å². The van der Waals surface area contributed by atoms with Gasteiger partial charge in [0.25, 0.3) is 0 Å². The van der Waals surface area contributed by atoms with Crippen molar-refractivity contribution in [3.05, 3.63) is 30.4 Å². The Morgan fingerprint density at radius 3 is 3.00 bits per heavy atom. The summed E-state index contributed by atoms with van der Waals surface area (Å²) in [5.41, 5.74) is 2.39. The number of fused-ring (bicyclic) bond motifs is 1. The Balaban J connectivity index is 1.87. The largest absolute Gasteiger partial charge is 0.333 e. The van der Waals surface area contributed by atoms with Gasteiger partial charge in [-0.25, -0.2) is 4.98 Å². The molecule has 0 atom stereocenters. The lowest BCUT2D eigenvalue weighted by molar-refractivity contribution is 0.641. The number of hydrogen-bond donors (Lipinski definition) is 1. The van der Waals surface area contributed by atoms with Gasteiger partial charge in [-0.15, -0.1) is 10.2 Å². The summed E-state index contributed by atoms with van der Waals surface area (Å²) >= 11 is 0. The van der Waals surface area contributed by atoms with E-state index in [1.165, 1.54) is 5.69 Å². The van der Waals surface area contributed by atoms with Crippen LogP contribution in [0.15, 0.2) is 19.0 Å². The fraction of sp³-hybridized carbons (Fsp3) is 0.500. The Hall–Kier alpha value is -1.69. The molecule has 0 radical (unpaired) electrons. The first-order chi connectivity index (χ1) is 7.93. The summed E-state index contributed by atoms with van der Waals surface area (Å²) < 4.78 is 4.17. The van der Waals surface area contributed by atoms with Gasteiger partial charge in [-0.3, -0.25) is 0 Å². The lowest BCUT2D eigenvalue weighted by atomic mass is 10.3. The van der Waals surface area contributed by atoms with Crippen molar-refractivity contribution in [2.75, 3.05) is 6.54 Å².